The van der Waals surface area contributed by atoms with Crippen LogP contribution in [-0.4, -0.2) is 31.0 Å². The number of benzene rings is 1. The van der Waals surface area contributed by atoms with Crippen molar-refractivity contribution in [3.8, 4) is 17.2 Å². The Morgan fingerprint density at radius 1 is 1.06 bits per heavy atom. The van der Waals surface area contributed by atoms with Gasteiger partial charge in [0.05, 0.1) is 20.3 Å². The van der Waals surface area contributed by atoms with Gasteiger partial charge in [0.15, 0.2) is 11.5 Å². The molecular weight excluding hydrogens is 467 g/mol. The van der Waals surface area contributed by atoms with Crippen molar-refractivity contribution in [2.24, 2.45) is 0 Å². The van der Waals surface area contributed by atoms with Gasteiger partial charge >= 0.3 is 0 Å². The van der Waals surface area contributed by atoms with Crippen molar-refractivity contribution in [1.29, 1.82) is 0 Å². The topological polar surface area (TPSA) is 27.7 Å². The third-order valence-corrected chi connectivity index (χ3v) is 3.13. The van der Waals surface area contributed by atoms with Crippen LogP contribution in [0.2, 0.25) is 0 Å². The lowest BCUT2D eigenvalue weighted by Crippen LogP contribution is -2.04. The van der Waals surface area contributed by atoms with Crippen LogP contribution < -0.4 is 14.2 Å². The van der Waals surface area contributed by atoms with E-state index in [9.17, 15) is 0 Å². The van der Waals surface area contributed by atoms with Gasteiger partial charge in [-0.25, -0.2) is 0 Å². The maximum absolute atomic E-state index is 5.61. The van der Waals surface area contributed by atoms with Crippen molar-refractivity contribution in [3.63, 3.8) is 0 Å². The highest BCUT2D eigenvalue weighted by Gasteiger charge is 2.13. The molecule has 0 saturated carbocycles. The van der Waals surface area contributed by atoms with E-state index < -0.39 is 0 Å². The van der Waals surface area contributed by atoms with Gasteiger partial charge in [0.2, 0.25) is 5.75 Å². The zero-order valence-electron chi connectivity index (χ0n) is 9.34. The molecule has 0 radical (unpaired) electrons. The molecule has 0 aliphatic carbocycles. The molecule has 0 unspecified atom stereocenters. The van der Waals surface area contributed by atoms with Crippen LogP contribution in [0.1, 0.15) is 0 Å². The van der Waals surface area contributed by atoms with Crippen molar-refractivity contribution in [2.75, 3.05) is 31.0 Å². The fraction of sp³-hybridized carbons (Fsp3) is 0.455. The minimum absolute atomic E-state index is 0.592. The Balaban J connectivity index is 2.97. The van der Waals surface area contributed by atoms with Gasteiger partial charge in [-0.15, -0.1) is 0 Å². The molecule has 6 heteroatoms. The Morgan fingerprint density at radius 2 is 1.53 bits per heavy atom. The van der Waals surface area contributed by atoms with Crippen LogP contribution >= 0.6 is 54.5 Å². The predicted molar refractivity (Wildman–Crippen MR) is 84.3 cm³/mol. The molecule has 0 saturated heterocycles. The molecule has 0 N–H and O–H groups in total. The molecular formula is C11H13Br2IO3. The first-order valence-electron chi connectivity index (χ1n) is 4.98. The molecule has 0 bridgehead atoms. The second-order valence-corrected chi connectivity index (χ2v) is 5.84. The Kier molecular flexibility index (Phi) is 7.61. The van der Waals surface area contributed by atoms with Gasteiger partial charge in [-0.2, -0.15) is 0 Å². The average molecular weight is 480 g/mol. The molecule has 17 heavy (non-hydrogen) atoms. The highest BCUT2D eigenvalue weighted by atomic mass is 127. The summed E-state index contributed by atoms with van der Waals surface area (Å²) in [6.07, 6.45) is 0. The molecule has 1 aromatic carbocycles. The summed E-state index contributed by atoms with van der Waals surface area (Å²) >= 11 is 8.88. The summed E-state index contributed by atoms with van der Waals surface area (Å²) in [7, 11) is 1.62. The minimum atomic E-state index is 0.592. The van der Waals surface area contributed by atoms with E-state index in [-0.39, 0.29) is 0 Å². The fourth-order valence-corrected chi connectivity index (χ4v) is 2.15. The van der Waals surface area contributed by atoms with Gasteiger partial charge in [0.25, 0.3) is 0 Å². The van der Waals surface area contributed by atoms with Crippen LogP contribution in [0.3, 0.4) is 0 Å². The maximum Gasteiger partial charge on any atom is 0.203 e. The smallest absolute Gasteiger partial charge is 0.203 e. The van der Waals surface area contributed by atoms with E-state index >= 15 is 0 Å². The number of alkyl halides is 2. The van der Waals surface area contributed by atoms with E-state index in [2.05, 4.69) is 54.5 Å². The molecule has 0 amide bonds. The lowest BCUT2D eigenvalue weighted by molar-refractivity contribution is 0.285. The zero-order chi connectivity index (χ0) is 12.7. The lowest BCUT2D eigenvalue weighted by atomic mass is 10.3. The third kappa shape index (κ3) is 4.82. The quantitative estimate of drug-likeness (QED) is 0.439. The first kappa shape index (κ1) is 15.4. The molecule has 3 nitrogen and oxygen atoms in total. The molecule has 96 valence electrons. The van der Waals surface area contributed by atoms with Crippen molar-refractivity contribution in [2.45, 2.75) is 0 Å². The van der Waals surface area contributed by atoms with E-state index in [1.54, 1.807) is 7.11 Å². The van der Waals surface area contributed by atoms with E-state index in [1.807, 2.05) is 12.1 Å². The molecule has 0 atom stereocenters. The number of hydrogen-bond acceptors (Lipinski definition) is 3. The van der Waals surface area contributed by atoms with Crippen LogP contribution in [0.4, 0.5) is 0 Å². The SMILES string of the molecule is COc1c(OCCBr)cc(I)cc1OCCBr. The van der Waals surface area contributed by atoms with Gasteiger partial charge in [0.1, 0.15) is 0 Å². The summed E-state index contributed by atoms with van der Waals surface area (Å²) in [6, 6.07) is 3.87. The second kappa shape index (κ2) is 8.42. The van der Waals surface area contributed by atoms with Crippen LogP contribution in [0.5, 0.6) is 17.2 Å². The van der Waals surface area contributed by atoms with Gasteiger partial charge in [-0.3, -0.25) is 0 Å². The first-order valence-corrected chi connectivity index (χ1v) is 8.30. The summed E-state index contributed by atoms with van der Waals surface area (Å²) < 4.78 is 17.6. The second-order valence-electron chi connectivity index (χ2n) is 3.01. The monoisotopic (exact) mass is 478 g/mol. The number of halogens is 3. The standard InChI is InChI=1S/C11H13Br2IO3/c1-15-11-9(16-4-2-12)6-8(14)7-10(11)17-5-3-13/h6-7H,2-5H2,1H3. The fourth-order valence-electron chi connectivity index (χ4n) is 1.26. The van der Waals surface area contributed by atoms with Crippen LogP contribution in [-0.2, 0) is 0 Å². The molecule has 1 aromatic rings. The number of hydrogen-bond donors (Lipinski definition) is 0. The number of methoxy groups -OCH3 is 1. The Labute approximate surface area is 132 Å². The minimum Gasteiger partial charge on any atom is -0.490 e. The summed E-state index contributed by atoms with van der Waals surface area (Å²) in [6.45, 7) is 1.18. The lowest BCUT2D eigenvalue weighted by Gasteiger charge is -2.15. The Morgan fingerprint density at radius 3 is 1.88 bits per heavy atom. The first-order chi connectivity index (χ1) is 8.22. The van der Waals surface area contributed by atoms with Gasteiger partial charge < -0.3 is 14.2 Å². The summed E-state index contributed by atoms with van der Waals surface area (Å²) in [5, 5.41) is 1.55. The van der Waals surface area contributed by atoms with E-state index in [0.29, 0.717) is 30.5 Å². The number of ether oxygens (including phenoxy) is 3. The summed E-state index contributed by atoms with van der Waals surface area (Å²) in [4.78, 5) is 0. The van der Waals surface area contributed by atoms with Gasteiger partial charge in [-0.1, -0.05) is 31.9 Å². The molecule has 0 spiro atoms. The van der Waals surface area contributed by atoms with Crippen molar-refractivity contribution >= 4 is 54.5 Å². The molecule has 0 aliphatic rings. The van der Waals surface area contributed by atoms with Crippen molar-refractivity contribution < 1.29 is 14.2 Å². The summed E-state index contributed by atoms with van der Waals surface area (Å²) in [5.74, 6) is 2.07. The van der Waals surface area contributed by atoms with Crippen molar-refractivity contribution in [1.82, 2.24) is 0 Å². The predicted octanol–water partition coefficient (Wildman–Crippen LogP) is 3.85. The Hall–Kier alpha value is 0.310. The molecule has 0 fully saturated rings. The average Bonchev–Trinajstić information content (AvgIpc) is 2.33. The normalized spacial score (nSPS) is 10.1. The summed E-state index contributed by atoms with van der Waals surface area (Å²) in [5.41, 5.74) is 0. The molecule has 0 heterocycles. The Bertz CT molecular complexity index is 332. The molecule has 0 aromatic heterocycles. The van der Waals surface area contributed by atoms with Crippen molar-refractivity contribution in [3.05, 3.63) is 15.7 Å². The van der Waals surface area contributed by atoms with Crippen LogP contribution in [0.15, 0.2) is 12.1 Å². The zero-order valence-corrected chi connectivity index (χ0v) is 14.7. The number of rotatable bonds is 7. The third-order valence-electron chi connectivity index (χ3n) is 1.86. The maximum atomic E-state index is 5.61. The largest absolute Gasteiger partial charge is 0.490 e. The highest BCUT2D eigenvalue weighted by molar-refractivity contribution is 14.1. The van der Waals surface area contributed by atoms with E-state index in [4.69, 9.17) is 14.2 Å². The van der Waals surface area contributed by atoms with Crippen LogP contribution in [0.25, 0.3) is 0 Å². The van der Waals surface area contributed by atoms with Gasteiger partial charge in [-0.05, 0) is 34.7 Å². The molecule has 1 rings (SSSR count). The highest BCUT2D eigenvalue weighted by Crippen LogP contribution is 2.39. The van der Waals surface area contributed by atoms with E-state index in [1.165, 1.54) is 0 Å². The van der Waals surface area contributed by atoms with E-state index in [0.717, 1.165) is 14.2 Å². The van der Waals surface area contributed by atoms with Crippen LogP contribution in [0, 0.1) is 3.57 Å². The van der Waals surface area contributed by atoms with Gasteiger partial charge in [0, 0.05) is 14.2 Å². The molecule has 0 aliphatic heterocycles.